The Labute approximate surface area is 156 Å². The first-order chi connectivity index (χ1) is 12.6. The summed E-state index contributed by atoms with van der Waals surface area (Å²) in [6.07, 6.45) is 2.91. The summed E-state index contributed by atoms with van der Waals surface area (Å²) in [6, 6.07) is 5.92. The number of rotatable bonds is 11. The molecule has 0 aromatic heterocycles. The van der Waals surface area contributed by atoms with Gasteiger partial charge in [0.25, 0.3) is 0 Å². The van der Waals surface area contributed by atoms with E-state index in [2.05, 4.69) is 20.4 Å². The SMILES string of the molecule is CCNC(=NCCCCC(=O)OC)NCCc1ccc(OC)c(OC)c1. The van der Waals surface area contributed by atoms with Crippen LogP contribution < -0.4 is 20.1 Å². The molecule has 0 aliphatic carbocycles. The van der Waals surface area contributed by atoms with Crippen molar-refractivity contribution < 1.29 is 19.0 Å². The van der Waals surface area contributed by atoms with E-state index in [4.69, 9.17) is 9.47 Å². The number of aliphatic imine (C=N–C) groups is 1. The number of guanidine groups is 1. The van der Waals surface area contributed by atoms with Crippen LogP contribution in [0.3, 0.4) is 0 Å². The second-order valence-electron chi connectivity index (χ2n) is 5.66. The van der Waals surface area contributed by atoms with Gasteiger partial charge in [0.15, 0.2) is 17.5 Å². The molecule has 0 heterocycles. The minimum absolute atomic E-state index is 0.172. The zero-order valence-electron chi connectivity index (χ0n) is 16.3. The average Bonchev–Trinajstić information content (AvgIpc) is 2.67. The van der Waals surface area contributed by atoms with Crippen LogP contribution in [0.2, 0.25) is 0 Å². The summed E-state index contributed by atoms with van der Waals surface area (Å²) in [7, 11) is 4.67. The van der Waals surface area contributed by atoms with Crippen LogP contribution in [0.25, 0.3) is 0 Å². The molecule has 0 aliphatic heterocycles. The molecule has 1 aromatic rings. The minimum atomic E-state index is -0.172. The Kier molecular flexibility index (Phi) is 10.7. The first-order valence-corrected chi connectivity index (χ1v) is 8.94. The standard InChI is InChI=1S/C19H31N3O4/c1-5-20-19(21-12-7-6-8-18(23)26-4)22-13-11-15-9-10-16(24-2)17(14-15)25-3/h9-10,14H,5-8,11-13H2,1-4H3,(H2,20,21,22). The van der Waals surface area contributed by atoms with Gasteiger partial charge < -0.3 is 24.8 Å². The lowest BCUT2D eigenvalue weighted by atomic mass is 10.1. The fourth-order valence-electron chi connectivity index (χ4n) is 2.38. The van der Waals surface area contributed by atoms with E-state index in [0.717, 1.165) is 55.4 Å². The lowest BCUT2D eigenvalue weighted by Gasteiger charge is -2.12. The number of carbonyl (C=O) groups excluding carboxylic acids is 1. The van der Waals surface area contributed by atoms with Gasteiger partial charge in [0.05, 0.1) is 21.3 Å². The van der Waals surface area contributed by atoms with Gasteiger partial charge in [0.2, 0.25) is 0 Å². The second-order valence-corrected chi connectivity index (χ2v) is 5.66. The van der Waals surface area contributed by atoms with Gasteiger partial charge in [-0.25, -0.2) is 0 Å². The zero-order valence-corrected chi connectivity index (χ0v) is 16.3. The van der Waals surface area contributed by atoms with E-state index in [1.807, 2.05) is 25.1 Å². The normalized spacial score (nSPS) is 11.0. The fourth-order valence-corrected chi connectivity index (χ4v) is 2.38. The largest absolute Gasteiger partial charge is 0.493 e. The Balaban J connectivity index is 2.43. The monoisotopic (exact) mass is 365 g/mol. The Hall–Kier alpha value is -2.44. The number of ether oxygens (including phenoxy) is 3. The maximum Gasteiger partial charge on any atom is 0.305 e. The topological polar surface area (TPSA) is 81.2 Å². The van der Waals surface area contributed by atoms with Gasteiger partial charge in [-0.2, -0.15) is 0 Å². The van der Waals surface area contributed by atoms with Crippen molar-refractivity contribution in [1.29, 1.82) is 0 Å². The fraction of sp³-hybridized carbons (Fsp3) is 0.579. The molecule has 2 N–H and O–H groups in total. The molecular formula is C19H31N3O4. The molecular weight excluding hydrogens is 334 g/mol. The van der Waals surface area contributed by atoms with E-state index in [1.54, 1.807) is 14.2 Å². The van der Waals surface area contributed by atoms with Crippen molar-refractivity contribution in [3.63, 3.8) is 0 Å². The van der Waals surface area contributed by atoms with Crippen LogP contribution in [0.1, 0.15) is 31.7 Å². The van der Waals surface area contributed by atoms with E-state index in [9.17, 15) is 4.79 Å². The Morgan fingerprint density at radius 1 is 1.08 bits per heavy atom. The first-order valence-electron chi connectivity index (χ1n) is 8.94. The Bertz CT molecular complexity index is 576. The number of hydrogen-bond donors (Lipinski definition) is 2. The highest BCUT2D eigenvalue weighted by molar-refractivity contribution is 5.79. The summed E-state index contributed by atoms with van der Waals surface area (Å²) in [6.45, 7) is 4.25. The highest BCUT2D eigenvalue weighted by atomic mass is 16.5. The van der Waals surface area contributed by atoms with Crippen molar-refractivity contribution in [2.24, 2.45) is 4.99 Å². The number of methoxy groups -OCH3 is 3. The van der Waals surface area contributed by atoms with Crippen LogP contribution in [0.15, 0.2) is 23.2 Å². The third kappa shape index (κ3) is 8.09. The molecule has 7 heteroatoms. The highest BCUT2D eigenvalue weighted by Gasteiger charge is 2.05. The molecule has 0 fully saturated rings. The van der Waals surface area contributed by atoms with Crippen LogP contribution in [0, 0.1) is 0 Å². The highest BCUT2D eigenvalue weighted by Crippen LogP contribution is 2.27. The molecule has 0 saturated heterocycles. The maximum atomic E-state index is 11.1. The first kappa shape index (κ1) is 21.6. The van der Waals surface area contributed by atoms with Gasteiger partial charge >= 0.3 is 5.97 Å². The predicted octanol–water partition coefficient (Wildman–Crippen LogP) is 2.14. The van der Waals surface area contributed by atoms with Gasteiger partial charge in [0, 0.05) is 26.1 Å². The lowest BCUT2D eigenvalue weighted by molar-refractivity contribution is -0.140. The third-order valence-corrected chi connectivity index (χ3v) is 3.78. The number of unbranched alkanes of at least 4 members (excludes halogenated alkanes) is 1. The number of esters is 1. The van der Waals surface area contributed by atoms with Crippen molar-refractivity contribution in [1.82, 2.24) is 10.6 Å². The van der Waals surface area contributed by atoms with Gasteiger partial charge in [0.1, 0.15) is 0 Å². The van der Waals surface area contributed by atoms with Gasteiger partial charge in [-0.15, -0.1) is 0 Å². The Morgan fingerprint density at radius 2 is 1.85 bits per heavy atom. The van der Waals surface area contributed by atoms with E-state index in [-0.39, 0.29) is 5.97 Å². The smallest absolute Gasteiger partial charge is 0.305 e. The minimum Gasteiger partial charge on any atom is -0.493 e. The lowest BCUT2D eigenvalue weighted by Crippen LogP contribution is -2.38. The number of nitrogens with one attached hydrogen (secondary N) is 2. The molecule has 0 spiro atoms. The average molecular weight is 365 g/mol. The summed E-state index contributed by atoms with van der Waals surface area (Å²) in [5, 5.41) is 6.54. The number of carbonyl (C=O) groups is 1. The summed E-state index contributed by atoms with van der Waals surface area (Å²) < 4.78 is 15.2. The quantitative estimate of drug-likeness (QED) is 0.271. The van der Waals surface area contributed by atoms with Gasteiger partial charge in [-0.1, -0.05) is 6.07 Å². The van der Waals surface area contributed by atoms with Gasteiger partial charge in [-0.3, -0.25) is 9.79 Å². The number of hydrogen-bond acceptors (Lipinski definition) is 5. The third-order valence-electron chi connectivity index (χ3n) is 3.78. The zero-order chi connectivity index (χ0) is 19.2. The van der Waals surface area contributed by atoms with Crippen LogP contribution in [0.5, 0.6) is 11.5 Å². The van der Waals surface area contributed by atoms with Gasteiger partial charge in [-0.05, 0) is 43.9 Å². The molecule has 1 rings (SSSR count). The van der Waals surface area contributed by atoms with E-state index in [1.165, 1.54) is 7.11 Å². The van der Waals surface area contributed by atoms with E-state index < -0.39 is 0 Å². The summed E-state index contributed by atoms with van der Waals surface area (Å²) in [5.74, 6) is 2.07. The van der Waals surface area contributed by atoms with Crippen LogP contribution in [-0.4, -0.2) is 52.9 Å². The van der Waals surface area contributed by atoms with Crippen LogP contribution in [-0.2, 0) is 16.0 Å². The van der Waals surface area contributed by atoms with Crippen LogP contribution >= 0.6 is 0 Å². The number of nitrogens with zero attached hydrogens (tertiary/aromatic N) is 1. The van der Waals surface area contributed by atoms with Crippen molar-refractivity contribution in [3.8, 4) is 11.5 Å². The predicted molar refractivity (Wildman–Crippen MR) is 103 cm³/mol. The molecule has 26 heavy (non-hydrogen) atoms. The summed E-state index contributed by atoms with van der Waals surface area (Å²) in [5.41, 5.74) is 1.16. The molecule has 0 unspecified atom stereocenters. The number of benzene rings is 1. The van der Waals surface area contributed by atoms with Crippen molar-refractivity contribution in [2.75, 3.05) is 41.0 Å². The van der Waals surface area contributed by atoms with Crippen molar-refractivity contribution >= 4 is 11.9 Å². The summed E-state index contributed by atoms with van der Waals surface area (Å²) >= 11 is 0. The molecule has 0 bridgehead atoms. The molecule has 1 aromatic carbocycles. The van der Waals surface area contributed by atoms with Crippen molar-refractivity contribution in [2.45, 2.75) is 32.6 Å². The molecule has 7 nitrogen and oxygen atoms in total. The molecule has 146 valence electrons. The molecule has 0 radical (unpaired) electrons. The van der Waals surface area contributed by atoms with Crippen LogP contribution in [0.4, 0.5) is 0 Å². The second kappa shape index (κ2) is 12.9. The molecule has 0 amide bonds. The molecule has 0 atom stereocenters. The van der Waals surface area contributed by atoms with E-state index >= 15 is 0 Å². The maximum absolute atomic E-state index is 11.1. The molecule has 0 aliphatic rings. The molecule has 0 saturated carbocycles. The Morgan fingerprint density at radius 3 is 2.50 bits per heavy atom. The summed E-state index contributed by atoms with van der Waals surface area (Å²) in [4.78, 5) is 15.6. The van der Waals surface area contributed by atoms with Crippen molar-refractivity contribution in [3.05, 3.63) is 23.8 Å². The van der Waals surface area contributed by atoms with E-state index in [0.29, 0.717) is 13.0 Å².